The molecule has 4 rings (SSSR count). The molecule has 8 heteroatoms. The molecule has 0 radical (unpaired) electrons. The molecule has 4 aromatic rings. The summed E-state index contributed by atoms with van der Waals surface area (Å²) in [5, 5.41) is 13.4. The Hall–Kier alpha value is -3.13. The van der Waals surface area contributed by atoms with Gasteiger partial charge in [-0.05, 0) is 49.2 Å². The number of hydrogen-bond acceptors (Lipinski definition) is 4. The highest BCUT2D eigenvalue weighted by molar-refractivity contribution is 9.10. The Bertz CT molecular complexity index is 1270. The minimum Gasteiger partial charge on any atom is -0.489 e. The Morgan fingerprint density at radius 2 is 1.76 bits per heavy atom. The van der Waals surface area contributed by atoms with Crippen LogP contribution in [-0.4, -0.2) is 10.2 Å². The van der Waals surface area contributed by atoms with Crippen molar-refractivity contribution in [1.29, 1.82) is 0 Å². The van der Waals surface area contributed by atoms with Crippen molar-refractivity contribution in [1.82, 2.24) is 10.2 Å². The zero-order valence-electron chi connectivity index (χ0n) is 17.9. The van der Waals surface area contributed by atoms with E-state index in [2.05, 4.69) is 31.4 Å². The molecule has 0 bridgehead atoms. The van der Waals surface area contributed by atoms with Gasteiger partial charge < -0.3 is 10.1 Å². The highest BCUT2D eigenvalue weighted by atomic mass is 79.9. The number of anilines is 1. The van der Waals surface area contributed by atoms with Crippen LogP contribution in [0, 0.1) is 6.92 Å². The fourth-order valence-electron chi connectivity index (χ4n) is 3.57. The predicted octanol–water partition coefficient (Wildman–Crippen LogP) is 7.47. The molecule has 0 unspecified atom stereocenters. The summed E-state index contributed by atoms with van der Waals surface area (Å²) in [5.74, 6) is 0.647. The molecule has 1 N–H and O–H groups in total. The Balaban J connectivity index is 1.65. The van der Waals surface area contributed by atoms with Crippen LogP contribution in [0.3, 0.4) is 0 Å². The maximum Gasteiger partial charge on any atom is 0.416 e. The molecule has 170 valence electrons. The third-order valence-corrected chi connectivity index (χ3v) is 5.95. The first-order chi connectivity index (χ1) is 15.7. The topological polar surface area (TPSA) is 47.0 Å². The fraction of sp³-hybridized carbons (Fsp3) is 0.200. The second kappa shape index (κ2) is 9.39. The maximum atomic E-state index is 13.6. The standard InChI is InChI=1S/C25H21BrF3N3O/c1-15(30-24-21-9-6-10-22(26)23(21)16(2)31-32-24)18-11-19(25(27,28)29)13-20(12-18)33-14-17-7-4-3-5-8-17/h3-13,15H,14H2,1-2H3,(H,30,32)/t15-/m1/s1. The number of aromatic nitrogens is 2. The van der Waals surface area contributed by atoms with Gasteiger partial charge in [0.15, 0.2) is 5.82 Å². The molecule has 1 heterocycles. The summed E-state index contributed by atoms with van der Waals surface area (Å²) < 4.78 is 47.4. The van der Waals surface area contributed by atoms with Gasteiger partial charge in [0.1, 0.15) is 12.4 Å². The first-order valence-electron chi connectivity index (χ1n) is 10.3. The van der Waals surface area contributed by atoms with Crippen LogP contribution in [0.5, 0.6) is 5.75 Å². The van der Waals surface area contributed by atoms with Gasteiger partial charge in [0.25, 0.3) is 0 Å². The van der Waals surface area contributed by atoms with Crippen molar-refractivity contribution < 1.29 is 17.9 Å². The van der Waals surface area contributed by atoms with E-state index in [4.69, 9.17) is 4.74 Å². The maximum absolute atomic E-state index is 13.6. The minimum absolute atomic E-state index is 0.153. The van der Waals surface area contributed by atoms with Crippen molar-refractivity contribution in [2.45, 2.75) is 32.7 Å². The summed E-state index contributed by atoms with van der Waals surface area (Å²) in [4.78, 5) is 0. The summed E-state index contributed by atoms with van der Waals surface area (Å²) in [6, 6.07) is 18.3. The summed E-state index contributed by atoms with van der Waals surface area (Å²) in [6.07, 6.45) is -4.50. The number of ether oxygens (including phenoxy) is 1. The average Bonchev–Trinajstić information content (AvgIpc) is 2.79. The summed E-state index contributed by atoms with van der Waals surface area (Å²) in [6.45, 7) is 3.81. The molecule has 0 amide bonds. The van der Waals surface area contributed by atoms with E-state index in [-0.39, 0.29) is 12.4 Å². The number of hydrogen-bond donors (Lipinski definition) is 1. The molecule has 0 aliphatic heterocycles. The van der Waals surface area contributed by atoms with Crippen LogP contribution in [0.1, 0.15) is 35.3 Å². The first kappa shape index (κ1) is 23.0. The van der Waals surface area contributed by atoms with Gasteiger partial charge in [-0.3, -0.25) is 0 Å². The number of alkyl halides is 3. The Morgan fingerprint density at radius 1 is 1.00 bits per heavy atom. The molecular weight excluding hydrogens is 495 g/mol. The van der Waals surface area contributed by atoms with Crippen LogP contribution in [0.25, 0.3) is 10.8 Å². The van der Waals surface area contributed by atoms with Gasteiger partial charge >= 0.3 is 6.18 Å². The van der Waals surface area contributed by atoms with E-state index < -0.39 is 17.8 Å². The van der Waals surface area contributed by atoms with E-state index in [9.17, 15) is 13.2 Å². The summed E-state index contributed by atoms with van der Waals surface area (Å²) in [5.41, 5.74) is 1.29. The van der Waals surface area contributed by atoms with E-state index in [1.165, 1.54) is 0 Å². The quantitative estimate of drug-likeness (QED) is 0.289. The SMILES string of the molecule is Cc1nnc(N[C@H](C)c2cc(OCc3ccccc3)cc(C(F)(F)F)c2)c2cccc(Br)c12. The number of benzene rings is 3. The highest BCUT2D eigenvalue weighted by Gasteiger charge is 2.32. The number of halogens is 4. The van der Waals surface area contributed by atoms with Crippen molar-refractivity contribution >= 4 is 32.5 Å². The molecule has 3 aromatic carbocycles. The number of fused-ring (bicyclic) bond motifs is 1. The van der Waals surface area contributed by atoms with Crippen molar-refractivity contribution in [3.63, 3.8) is 0 Å². The molecule has 4 nitrogen and oxygen atoms in total. The van der Waals surface area contributed by atoms with Crippen molar-refractivity contribution in [3.8, 4) is 5.75 Å². The first-order valence-corrected chi connectivity index (χ1v) is 11.1. The number of rotatable bonds is 6. The molecule has 1 aromatic heterocycles. The van der Waals surface area contributed by atoms with Crippen molar-refractivity contribution in [2.24, 2.45) is 0 Å². The smallest absolute Gasteiger partial charge is 0.416 e. The lowest BCUT2D eigenvalue weighted by Crippen LogP contribution is -2.12. The zero-order chi connectivity index (χ0) is 23.6. The zero-order valence-corrected chi connectivity index (χ0v) is 19.5. The molecule has 1 atom stereocenters. The van der Waals surface area contributed by atoms with Crippen LogP contribution in [0.15, 0.2) is 71.2 Å². The Labute approximate surface area is 197 Å². The highest BCUT2D eigenvalue weighted by Crippen LogP contribution is 2.36. The normalized spacial score (nSPS) is 12.5. The van der Waals surface area contributed by atoms with Gasteiger partial charge in [-0.25, -0.2) is 0 Å². The Morgan fingerprint density at radius 3 is 2.48 bits per heavy atom. The van der Waals surface area contributed by atoms with Crippen LogP contribution in [0.4, 0.5) is 19.0 Å². The van der Waals surface area contributed by atoms with Crippen LogP contribution < -0.4 is 10.1 Å². The van der Waals surface area contributed by atoms with E-state index in [0.29, 0.717) is 11.4 Å². The lowest BCUT2D eigenvalue weighted by Gasteiger charge is -2.20. The van der Waals surface area contributed by atoms with Gasteiger partial charge in [-0.1, -0.05) is 58.4 Å². The monoisotopic (exact) mass is 515 g/mol. The van der Waals surface area contributed by atoms with E-state index in [0.717, 1.165) is 38.6 Å². The van der Waals surface area contributed by atoms with Crippen molar-refractivity contribution in [3.05, 3.63) is 93.6 Å². The molecule has 33 heavy (non-hydrogen) atoms. The van der Waals surface area contributed by atoms with E-state index in [1.54, 1.807) is 13.0 Å². The average molecular weight is 516 g/mol. The molecule has 0 spiro atoms. The van der Waals surface area contributed by atoms with Crippen LogP contribution >= 0.6 is 15.9 Å². The van der Waals surface area contributed by atoms with Gasteiger partial charge in [-0.15, -0.1) is 5.10 Å². The van der Waals surface area contributed by atoms with E-state index in [1.807, 2.05) is 55.5 Å². The predicted molar refractivity (Wildman–Crippen MR) is 126 cm³/mol. The second-order valence-electron chi connectivity index (χ2n) is 7.73. The number of nitrogens with zero attached hydrogens (tertiary/aromatic N) is 2. The molecular formula is C25H21BrF3N3O. The molecule has 0 fully saturated rings. The van der Waals surface area contributed by atoms with Gasteiger partial charge in [0.2, 0.25) is 0 Å². The number of aryl methyl sites for hydroxylation is 1. The van der Waals surface area contributed by atoms with E-state index >= 15 is 0 Å². The molecule has 0 aliphatic carbocycles. The molecule has 0 saturated heterocycles. The largest absolute Gasteiger partial charge is 0.489 e. The van der Waals surface area contributed by atoms with Gasteiger partial charge in [-0.2, -0.15) is 18.3 Å². The second-order valence-corrected chi connectivity index (χ2v) is 8.58. The third kappa shape index (κ3) is 5.27. The Kier molecular flexibility index (Phi) is 6.56. The number of nitrogens with one attached hydrogen (secondary N) is 1. The summed E-state index contributed by atoms with van der Waals surface area (Å²) in [7, 11) is 0. The van der Waals surface area contributed by atoms with Gasteiger partial charge in [0.05, 0.1) is 17.3 Å². The molecule has 0 saturated carbocycles. The summed E-state index contributed by atoms with van der Waals surface area (Å²) >= 11 is 3.53. The molecule has 0 aliphatic rings. The lowest BCUT2D eigenvalue weighted by molar-refractivity contribution is -0.137. The fourth-order valence-corrected chi connectivity index (χ4v) is 4.23. The van der Waals surface area contributed by atoms with Crippen LogP contribution in [0.2, 0.25) is 0 Å². The minimum atomic E-state index is -4.50. The van der Waals surface area contributed by atoms with Crippen LogP contribution in [-0.2, 0) is 12.8 Å². The van der Waals surface area contributed by atoms with Gasteiger partial charge in [0, 0.05) is 15.2 Å². The third-order valence-electron chi connectivity index (χ3n) is 5.29. The van der Waals surface area contributed by atoms with Crippen molar-refractivity contribution in [2.75, 3.05) is 5.32 Å². The lowest BCUT2D eigenvalue weighted by atomic mass is 10.0.